The van der Waals surface area contributed by atoms with Crippen LogP contribution in [0.15, 0.2) is 24.3 Å². The number of amides is 6. The molecule has 1 aliphatic heterocycles. The van der Waals surface area contributed by atoms with E-state index in [1.807, 2.05) is 0 Å². The summed E-state index contributed by atoms with van der Waals surface area (Å²) in [4.78, 5) is 103. The number of aromatic hydroxyl groups is 1. The Balaban J connectivity index is 2.55. The highest BCUT2D eigenvalue weighted by Gasteiger charge is 2.35. The maximum Gasteiger partial charge on any atom is 0.327 e. The van der Waals surface area contributed by atoms with Gasteiger partial charge in [-0.2, -0.15) is 0 Å². The van der Waals surface area contributed by atoms with E-state index in [1.165, 1.54) is 12.1 Å². The summed E-state index contributed by atoms with van der Waals surface area (Å²) < 4.78 is 0. The van der Waals surface area contributed by atoms with Gasteiger partial charge in [0.15, 0.2) is 5.78 Å². The van der Waals surface area contributed by atoms with Crippen LogP contribution in [0.3, 0.4) is 0 Å². The summed E-state index contributed by atoms with van der Waals surface area (Å²) in [7, 11) is 2.03. The highest BCUT2D eigenvalue weighted by molar-refractivity contribution is 8.76. The molecule has 276 valence electrons. The summed E-state index contributed by atoms with van der Waals surface area (Å²) in [6.45, 7) is 3.44. The minimum absolute atomic E-state index is 0.0189. The van der Waals surface area contributed by atoms with Gasteiger partial charge in [-0.15, -0.1) is 0 Å². The van der Waals surface area contributed by atoms with E-state index in [0.29, 0.717) is 12.0 Å². The van der Waals surface area contributed by atoms with Gasteiger partial charge in [-0.25, -0.2) is 4.79 Å². The molecule has 0 radical (unpaired) electrons. The normalized spacial score (nSPS) is 25.6. The second-order valence-corrected chi connectivity index (χ2v) is 14.5. The van der Waals surface area contributed by atoms with Crippen LogP contribution in [0.2, 0.25) is 0 Å². The number of benzene rings is 1. The molecule has 6 amide bonds. The molecule has 1 aromatic carbocycles. The van der Waals surface area contributed by atoms with Gasteiger partial charge in [0.25, 0.3) is 0 Å². The van der Waals surface area contributed by atoms with Gasteiger partial charge in [0.1, 0.15) is 23.9 Å². The van der Waals surface area contributed by atoms with Crippen LogP contribution in [0.5, 0.6) is 5.75 Å². The van der Waals surface area contributed by atoms with Gasteiger partial charge in [-0.05, 0) is 30.0 Å². The molecule has 1 aromatic rings. The van der Waals surface area contributed by atoms with Crippen molar-refractivity contribution in [3.8, 4) is 5.75 Å². The Morgan fingerprint density at radius 3 is 2.06 bits per heavy atom. The number of carbonyl (C=O) groups excluding carboxylic acids is 7. The first kappa shape index (κ1) is 41.8. The molecule has 0 bridgehead atoms. The van der Waals surface area contributed by atoms with E-state index in [0.717, 1.165) is 21.6 Å². The SMILES string of the molecule is CCC(C)C1NC(=O)C(Cc2ccc(O)cc2)NC(=O)C(N)CSSCC(C(=O)O)NC(=O)C(CC(N)=O)CC(=O)C(CCC(N)=O)NC1=O. The first-order valence-corrected chi connectivity index (χ1v) is 18.3. The molecule has 17 nitrogen and oxygen atoms in total. The Bertz CT molecular complexity index is 1410. The average Bonchev–Trinajstić information content (AvgIpc) is 3.05. The van der Waals surface area contributed by atoms with E-state index in [1.54, 1.807) is 26.0 Å². The number of phenols is 1. The number of Topliss-reactive ketones (excluding diaryl/α,β-unsaturated/α-hetero) is 1. The lowest BCUT2D eigenvalue weighted by Crippen LogP contribution is -2.59. The van der Waals surface area contributed by atoms with Crippen LogP contribution in [0.1, 0.15) is 51.5 Å². The van der Waals surface area contributed by atoms with Crippen molar-refractivity contribution in [1.82, 2.24) is 21.3 Å². The smallest absolute Gasteiger partial charge is 0.327 e. The third-order valence-electron chi connectivity index (χ3n) is 7.97. The molecule has 0 aromatic heterocycles. The lowest BCUT2D eigenvalue weighted by atomic mass is 9.91. The zero-order chi connectivity index (χ0) is 37.5. The van der Waals surface area contributed by atoms with Gasteiger partial charge in [0.2, 0.25) is 35.4 Å². The molecular formula is C31H45N7O10S2. The van der Waals surface area contributed by atoms with Crippen molar-refractivity contribution < 1.29 is 48.6 Å². The van der Waals surface area contributed by atoms with Crippen molar-refractivity contribution in [3.05, 3.63) is 29.8 Å². The van der Waals surface area contributed by atoms with Crippen LogP contribution in [0.25, 0.3) is 0 Å². The second-order valence-electron chi connectivity index (χ2n) is 12.0. The highest BCUT2D eigenvalue weighted by atomic mass is 33.1. The molecule has 7 unspecified atom stereocenters. The molecule has 1 heterocycles. The van der Waals surface area contributed by atoms with E-state index in [9.17, 15) is 48.6 Å². The number of carboxylic acid groups (broad SMARTS) is 1. The fourth-order valence-corrected chi connectivity index (χ4v) is 7.11. The van der Waals surface area contributed by atoms with Crippen LogP contribution in [-0.2, 0) is 44.8 Å². The van der Waals surface area contributed by atoms with Gasteiger partial charge in [-0.1, -0.05) is 54.0 Å². The maximum absolute atomic E-state index is 13.8. The van der Waals surface area contributed by atoms with E-state index in [2.05, 4.69) is 21.3 Å². The Labute approximate surface area is 296 Å². The standard InChI is InChI=1S/C31H45N7O10S2/c1-3-15(2)26-30(46)35-20(8-9-24(33)41)23(40)11-17(12-25(34)42)27(43)37-22(31(47)48)14-50-49-13-19(32)28(44)36-21(29(45)38-26)10-16-4-6-18(39)7-5-16/h4-7,15,17,19-22,26,39H,3,8-14,32H2,1-2H3,(H2,33,41)(H2,34,42)(H,35,46)(H,36,44)(H,37,43)(H,38,45)(H,47,48). The molecule has 7 atom stereocenters. The number of phenolic OH excluding ortho intramolecular Hbond substituents is 1. The van der Waals surface area contributed by atoms with Crippen molar-refractivity contribution >= 4 is 68.8 Å². The number of carboxylic acids is 1. The molecule has 0 spiro atoms. The largest absolute Gasteiger partial charge is 0.508 e. The first-order valence-electron chi connectivity index (χ1n) is 15.8. The number of primary amides is 2. The maximum atomic E-state index is 13.8. The van der Waals surface area contributed by atoms with Crippen molar-refractivity contribution in [2.24, 2.45) is 29.0 Å². The molecule has 1 aliphatic rings. The molecule has 2 rings (SSSR count). The zero-order valence-corrected chi connectivity index (χ0v) is 29.3. The molecule has 19 heteroatoms. The van der Waals surface area contributed by atoms with Gasteiger partial charge in [0, 0.05) is 37.2 Å². The minimum atomic E-state index is -1.47. The summed E-state index contributed by atoms with van der Waals surface area (Å²) in [5.41, 5.74) is 17.3. The monoisotopic (exact) mass is 739 g/mol. The van der Waals surface area contributed by atoms with Crippen LogP contribution >= 0.6 is 21.6 Å². The van der Waals surface area contributed by atoms with E-state index < -0.39 is 102 Å². The average molecular weight is 740 g/mol. The number of nitrogens with two attached hydrogens (primary N) is 3. The lowest BCUT2D eigenvalue weighted by Gasteiger charge is -2.29. The van der Waals surface area contributed by atoms with Crippen molar-refractivity contribution in [2.45, 2.75) is 82.6 Å². The van der Waals surface area contributed by atoms with Gasteiger partial charge in [-0.3, -0.25) is 33.6 Å². The topological polar surface area (TPSA) is 303 Å². The third kappa shape index (κ3) is 13.9. The van der Waals surface area contributed by atoms with Gasteiger partial charge in [0.05, 0.1) is 18.0 Å². The molecule has 1 saturated heterocycles. The third-order valence-corrected chi connectivity index (χ3v) is 10.4. The number of hydrogen-bond acceptors (Lipinski definition) is 12. The lowest BCUT2D eigenvalue weighted by molar-refractivity contribution is -0.142. The fraction of sp³-hybridized carbons (Fsp3) is 0.548. The van der Waals surface area contributed by atoms with Crippen LogP contribution < -0.4 is 38.5 Å². The van der Waals surface area contributed by atoms with Crippen molar-refractivity contribution in [2.75, 3.05) is 11.5 Å². The predicted molar refractivity (Wildman–Crippen MR) is 185 cm³/mol. The quantitative estimate of drug-likeness (QED) is 0.123. The number of ketones is 1. The van der Waals surface area contributed by atoms with E-state index in [-0.39, 0.29) is 36.5 Å². The molecule has 0 aliphatic carbocycles. The molecule has 0 saturated carbocycles. The Kier molecular flexibility index (Phi) is 17.0. The number of hydrogen-bond donors (Lipinski definition) is 9. The Morgan fingerprint density at radius 2 is 1.48 bits per heavy atom. The van der Waals surface area contributed by atoms with Crippen molar-refractivity contribution in [3.63, 3.8) is 0 Å². The number of aliphatic carboxylic acids is 1. The summed E-state index contributed by atoms with van der Waals surface area (Å²) in [6.07, 6.45) is -1.57. The summed E-state index contributed by atoms with van der Waals surface area (Å²) in [5, 5.41) is 29.5. The van der Waals surface area contributed by atoms with Crippen LogP contribution in [0.4, 0.5) is 0 Å². The highest BCUT2D eigenvalue weighted by Crippen LogP contribution is 2.24. The van der Waals surface area contributed by atoms with Crippen LogP contribution in [-0.4, -0.2) is 99.1 Å². The number of carbonyl (C=O) groups is 8. The number of nitrogens with one attached hydrogen (secondary N) is 4. The number of rotatable bonds is 10. The summed E-state index contributed by atoms with van der Waals surface area (Å²) >= 11 is 0. The Hall–Kier alpha value is -4.36. The predicted octanol–water partition coefficient (Wildman–Crippen LogP) is -1.56. The van der Waals surface area contributed by atoms with Crippen molar-refractivity contribution in [1.29, 1.82) is 0 Å². The van der Waals surface area contributed by atoms with Gasteiger partial charge >= 0.3 is 5.97 Å². The minimum Gasteiger partial charge on any atom is -0.508 e. The molecule has 12 N–H and O–H groups in total. The summed E-state index contributed by atoms with van der Waals surface area (Å²) in [6, 6.07) is -0.612. The molecule has 1 fully saturated rings. The molecule has 50 heavy (non-hydrogen) atoms. The van der Waals surface area contributed by atoms with Crippen LogP contribution in [0, 0.1) is 11.8 Å². The second kappa shape index (κ2) is 20.3. The zero-order valence-electron chi connectivity index (χ0n) is 27.7. The molecular weight excluding hydrogens is 695 g/mol. The summed E-state index contributed by atoms with van der Waals surface area (Å²) in [5.74, 6) is -9.32. The Morgan fingerprint density at radius 1 is 0.860 bits per heavy atom. The first-order chi connectivity index (χ1) is 23.5. The van der Waals surface area contributed by atoms with E-state index in [4.69, 9.17) is 17.2 Å². The van der Waals surface area contributed by atoms with E-state index >= 15 is 0 Å². The fourth-order valence-electron chi connectivity index (χ4n) is 4.84. The van der Waals surface area contributed by atoms with Gasteiger partial charge < -0.3 is 48.7 Å².